The van der Waals surface area contributed by atoms with Gasteiger partial charge in [-0.1, -0.05) is 55.5 Å². The summed E-state index contributed by atoms with van der Waals surface area (Å²) in [7, 11) is 1.71. The molecule has 6 nitrogen and oxygen atoms in total. The van der Waals surface area contributed by atoms with Gasteiger partial charge in [0.05, 0.1) is 23.2 Å². The topological polar surface area (TPSA) is 85.2 Å². The van der Waals surface area contributed by atoms with Crippen LogP contribution in [0.25, 0.3) is 17.9 Å². The molecule has 37 heavy (non-hydrogen) atoms. The molecule has 3 rings (SSSR count). The Morgan fingerprint density at radius 1 is 1.30 bits per heavy atom. The minimum absolute atomic E-state index is 0.0318. The van der Waals surface area contributed by atoms with Gasteiger partial charge in [-0.3, -0.25) is 5.41 Å². The number of anilines is 1. The number of H-pyrrole nitrogens is 1. The summed E-state index contributed by atoms with van der Waals surface area (Å²) in [5.41, 5.74) is 3.25. The molecule has 0 radical (unpaired) electrons. The van der Waals surface area contributed by atoms with E-state index in [-0.39, 0.29) is 28.8 Å². The van der Waals surface area contributed by atoms with Crippen LogP contribution in [-0.2, 0) is 0 Å². The second-order valence-electron chi connectivity index (χ2n) is 8.56. The van der Waals surface area contributed by atoms with Crippen LogP contribution in [0.5, 0.6) is 11.6 Å². The van der Waals surface area contributed by atoms with Gasteiger partial charge in [0.1, 0.15) is 11.6 Å². The lowest BCUT2D eigenvalue weighted by molar-refractivity contribution is 0.427. The lowest BCUT2D eigenvalue weighted by atomic mass is 10.1. The Bertz CT molecular complexity index is 1500. The van der Waals surface area contributed by atoms with Gasteiger partial charge in [0.15, 0.2) is 11.6 Å². The zero-order chi connectivity index (χ0) is 27.1. The van der Waals surface area contributed by atoms with E-state index in [1.807, 2.05) is 32.9 Å². The van der Waals surface area contributed by atoms with Crippen molar-refractivity contribution in [1.82, 2.24) is 9.97 Å². The van der Waals surface area contributed by atoms with Crippen molar-refractivity contribution in [1.29, 1.82) is 5.41 Å². The first-order chi connectivity index (χ1) is 17.7. The van der Waals surface area contributed by atoms with E-state index in [0.717, 1.165) is 28.1 Å². The number of ether oxygens (including phenoxy) is 1. The number of aromatic nitrogens is 2. The molecule has 2 heterocycles. The molecule has 0 saturated carbocycles. The summed E-state index contributed by atoms with van der Waals surface area (Å²) in [5, 5.41) is 21.7. The predicted molar refractivity (Wildman–Crippen MR) is 150 cm³/mol. The number of nitrogens with zero attached hydrogens (tertiary/aromatic N) is 2. The number of allylic oxidation sites excluding steroid dienone is 2. The monoisotopic (exact) mass is 500 g/mol. The van der Waals surface area contributed by atoms with Gasteiger partial charge in [-0.15, -0.1) is 0 Å². The van der Waals surface area contributed by atoms with E-state index in [1.54, 1.807) is 36.3 Å². The molecular formula is C30H33FN4O2. The SMILES string of the molecule is C=CC(C(=N)N(C)c1cnc(Oc2ccccc2F)cc1C)=C(O)c1cc(=C/C(C)=C/CC)/c(=C\C)[nH]1. The smallest absolute Gasteiger partial charge is 0.219 e. The summed E-state index contributed by atoms with van der Waals surface area (Å²) in [6, 6.07) is 9.64. The Hall–Kier alpha value is -4.39. The molecule has 0 amide bonds. The maximum absolute atomic E-state index is 13.9. The van der Waals surface area contributed by atoms with E-state index in [0.29, 0.717) is 11.4 Å². The first kappa shape index (κ1) is 27.2. The Balaban J connectivity index is 1.93. The second kappa shape index (κ2) is 12.0. The van der Waals surface area contributed by atoms with Gasteiger partial charge in [-0.05, 0) is 51.0 Å². The molecular weight excluding hydrogens is 467 g/mol. The number of aliphatic hydroxyl groups is 1. The van der Waals surface area contributed by atoms with E-state index in [1.165, 1.54) is 18.2 Å². The van der Waals surface area contributed by atoms with Crippen molar-refractivity contribution in [3.63, 3.8) is 0 Å². The van der Waals surface area contributed by atoms with E-state index in [4.69, 9.17) is 10.1 Å². The molecule has 1 aromatic carbocycles. The van der Waals surface area contributed by atoms with Crippen LogP contribution < -0.4 is 20.2 Å². The van der Waals surface area contributed by atoms with Gasteiger partial charge in [0.2, 0.25) is 5.88 Å². The van der Waals surface area contributed by atoms with Crippen molar-refractivity contribution in [2.45, 2.75) is 34.1 Å². The summed E-state index contributed by atoms with van der Waals surface area (Å²) < 4.78 is 19.5. The van der Waals surface area contributed by atoms with Crippen LogP contribution in [-0.4, -0.2) is 28.0 Å². The van der Waals surface area contributed by atoms with E-state index < -0.39 is 5.82 Å². The molecule has 192 valence electrons. The predicted octanol–water partition coefficient (Wildman–Crippen LogP) is 6.16. The second-order valence-corrected chi connectivity index (χ2v) is 8.56. The van der Waals surface area contributed by atoms with E-state index in [9.17, 15) is 9.50 Å². The molecule has 3 aromatic rings. The number of amidine groups is 1. The van der Waals surface area contributed by atoms with Crippen LogP contribution in [0.1, 0.15) is 38.4 Å². The quantitative estimate of drug-likeness (QED) is 0.150. The molecule has 0 aliphatic heterocycles. The minimum Gasteiger partial charge on any atom is -0.505 e. The Morgan fingerprint density at radius 2 is 2.03 bits per heavy atom. The molecule has 0 aliphatic carbocycles. The van der Waals surface area contributed by atoms with Gasteiger partial charge in [0.25, 0.3) is 0 Å². The van der Waals surface area contributed by atoms with Crippen LogP contribution in [0.4, 0.5) is 10.1 Å². The summed E-state index contributed by atoms with van der Waals surface area (Å²) in [6.07, 6.45) is 10.1. The first-order valence-corrected chi connectivity index (χ1v) is 12.0. The number of rotatable bonds is 8. The highest BCUT2D eigenvalue weighted by molar-refractivity contribution is 6.13. The zero-order valence-corrected chi connectivity index (χ0v) is 21.9. The standard InChI is InChI=1S/C30H33FN4O2/c1-7-12-19(4)15-21-17-25(34-24(21)9-3)29(36)22(8-2)30(32)35(6)26-18-33-28(16-20(26)5)37-27-14-11-10-13-23(27)31/h8-18,32,34,36H,2,7H2,1,3-6H3/b19-12+,21-15-,24-9+,29-22?,32-30?. The van der Waals surface area contributed by atoms with E-state index in [2.05, 4.69) is 35.6 Å². The third-order valence-corrected chi connectivity index (χ3v) is 5.85. The van der Waals surface area contributed by atoms with Crippen LogP contribution >= 0.6 is 0 Å². The fraction of sp³-hybridized carbons (Fsp3) is 0.200. The van der Waals surface area contributed by atoms with Crippen LogP contribution in [0.15, 0.2) is 72.5 Å². The number of para-hydroxylation sites is 1. The molecule has 0 bridgehead atoms. The number of nitrogens with one attached hydrogen (secondary N) is 2. The van der Waals surface area contributed by atoms with E-state index >= 15 is 0 Å². The zero-order valence-electron chi connectivity index (χ0n) is 21.9. The number of aliphatic hydroxyl groups excluding tert-OH is 1. The summed E-state index contributed by atoms with van der Waals surface area (Å²) in [5.74, 6) is -0.218. The fourth-order valence-electron chi connectivity index (χ4n) is 3.92. The van der Waals surface area contributed by atoms with Crippen molar-refractivity contribution >= 4 is 29.4 Å². The number of hydrogen-bond acceptors (Lipinski definition) is 4. The number of benzene rings is 1. The molecule has 0 aliphatic rings. The molecule has 0 atom stereocenters. The molecule has 0 unspecified atom stereocenters. The van der Waals surface area contributed by atoms with Gasteiger partial charge in [-0.25, -0.2) is 9.37 Å². The van der Waals surface area contributed by atoms with Crippen molar-refractivity contribution < 1.29 is 14.2 Å². The van der Waals surface area contributed by atoms with Crippen LogP contribution in [0, 0.1) is 18.2 Å². The fourth-order valence-corrected chi connectivity index (χ4v) is 3.92. The van der Waals surface area contributed by atoms with Gasteiger partial charge < -0.3 is 19.7 Å². The van der Waals surface area contributed by atoms with Gasteiger partial charge in [-0.2, -0.15) is 0 Å². The number of pyridine rings is 1. The number of aromatic amines is 1. The highest BCUT2D eigenvalue weighted by Crippen LogP contribution is 2.28. The van der Waals surface area contributed by atoms with Gasteiger partial charge >= 0.3 is 0 Å². The highest BCUT2D eigenvalue weighted by Gasteiger charge is 2.19. The maximum Gasteiger partial charge on any atom is 0.219 e. The summed E-state index contributed by atoms with van der Waals surface area (Å²) in [4.78, 5) is 9.11. The molecule has 0 spiro atoms. The summed E-state index contributed by atoms with van der Waals surface area (Å²) >= 11 is 0. The Kier molecular flexibility index (Phi) is 8.85. The third kappa shape index (κ3) is 6.25. The molecule has 3 N–H and O–H groups in total. The average Bonchev–Trinajstić information content (AvgIpc) is 3.28. The average molecular weight is 501 g/mol. The van der Waals surface area contributed by atoms with Crippen LogP contribution in [0.2, 0.25) is 0 Å². The normalized spacial score (nSPS) is 13.4. The number of aryl methyl sites for hydroxylation is 1. The molecule has 0 fully saturated rings. The number of halogens is 1. The van der Waals surface area contributed by atoms with Crippen LogP contribution in [0.3, 0.4) is 0 Å². The maximum atomic E-state index is 13.9. The largest absolute Gasteiger partial charge is 0.505 e. The Labute approximate surface area is 217 Å². The lowest BCUT2D eigenvalue weighted by Crippen LogP contribution is -2.28. The molecule has 0 saturated heterocycles. The number of likely N-dealkylation sites (N-methyl/N-ethyl adjacent to an activating group) is 1. The molecule has 2 aromatic heterocycles. The molecule has 7 heteroatoms. The van der Waals surface area contributed by atoms with Crippen molar-refractivity contribution in [3.8, 4) is 11.6 Å². The summed E-state index contributed by atoms with van der Waals surface area (Å²) in [6.45, 7) is 11.7. The first-order valence-electron chi connectivity index (χ1n) is 12.0. The Morgan fingerprint density at radius 3 is 2.65 bits per heavy atom. The third-order valence-electron chi connectivity index (χ3n) is 5.85. The lowest BCUT2D eigenvalue weighted by Gasteiger charge is -2.23. The number of hydrogen-bond donors (Lipinski definition) is 3. The van der Waals surface area contributed by atoms with Crippen molar-refractivity contribution in [2.75, 3.05) is 11.9 Å². The van der Waals surface area contributed by atoms with Gasteiger partial charge in [0, 0.05) is 23.7 Å². The highest BCUT2D eigenvalue weighted by atomic mass is 19.1. The minimum atomic E-state index is -0.480. The van der Waals surface area contributed by atoms with Crippen molar-refractivity contribution in [2.24, 2.45) is 0 Å². The van der Waals surface area contributed by atoms with Crippen molar-refractivity contribution in [3.05, 3.63) is 100 Å².